The number of aromatic nitrogens is 1. The summed E-state index contributed by atoms with van der Waals surface area (Å²) < 4.78 is 34.4. The number of nitrogens with zero attached hydrogens (tertiary/aromatic N) is 5. The summed E-state index contributed by atoms with van der Waals surface area (Å²) in [4.78, 5) is 8.03. The quantitative estimate of drug-likeness (QED) is 0.490. The van der Waals surface area contributed by atoms with Crippen molar-refractivity contribution in [1.29, 1.82) is 5.26 Å². The van der Waals surface area contributed by atoms with Crippen LogP contribution < -0.4 is 4.90 Å². The van der Waals surface area contributed by atoms with Gasteiger partial charge in [-0.05, 0) is 49.8 Å². The maximum Gasteiger partial charge on any atom is 0.215 e. The molecule has 0 amide bonds. The van der Waals surface area contributed by atoms with Gasteiger partial charge in [0.25, 0.3) is 0 Å². The highest BCUT2D eigenvalue weighted by Crippen LogP contribution is 2.32. The summed E-state index contributed by atoms with van der Waals surface area (Å²) in [5.74, 6) is 0.721. The monoisotopic (exact) mass is 479 g/mol. The Morgan fingerprint density at radius 3 is 2.68 bits per heavy atom. The van der Waals surface area contributed by atoms with Crippen LogP contribution in [0.4, 0.5) is 5.69 Å². The van der Waals surface area contributed by atoms with Gasteiger partial charge in [-0.15, -0.1) is 0 Å². The van der Waals surface area contributed by atoms with Crippen molar-refractivity contribution in [3.63, 3.8) is 0 Å². The fourth-order valence-electron chi connectivity index (χ4n) is 4.28. The summed E-state index contributed by atoms with van der Waals surface area (Å²) >= 11 is 0. The van der Waals surface area contributed by atoms with Crippen molar-refractivity contribution in [3.8, 4) is 6.07 Å². The van der Waals surface area contributed by atoms with Crippen molar-refractivity contribution in [2.45, 2.75) is 25.6 Å². The standard InChI is InChI=1S/C25H29N5O3S/c1-28(2)10-11-34(31,32)30-16-22-12-21(14-26)8-9-25(22)29(18-24-15-27-19-33-24)17-23(30)13-20-6-4-3-5-7-20/h3-9,12,15,19,23H,10-11,13,16-18H2,1-2H3. The number of sulfonamides is 1. The molecule has 3 aromatic rings. The van der Waals surface area contributed by atoms with E-state index < -0.39 is 10.0 Å². The maximum atomic E-state index is 13.6. The van der Waals surface area contributed by atoms with Gasteiger partial charge in [0.2, 0.25) is 10.0 Å². The highest BCUT2D eigenvalue weighted by Gasteiger charge is 2.35. The molecular weight excluding hydrogens is 450 g/mol. The highest BCUT2D eigenvalue weighted by molar-refractivity contribution is 7.89. The molecule has 34 heavy (non-hydrogen) atoms. The van der Waals surface area contributed by atoms with Gasteiger partial charge < -0.3 is 14.2 Å². The molecule has 0 fully saturated rings. The molecule has 0 bridgehead atoms. The van der Waals surface area contributed by atoms with Gasteiger partial charge in [-0.3, -0.25) is 0 Å². The number of benzene rings is 2. The third-order valence-electron chi connectivity index (χ3n) is 6.01. The Bertz CT molecular complexity index is 1240. The summed E-state index contributed by atoms with van der Waals surface area (Å²) in [5.41, 5.74) is 3.29. The summed E-state index contributed by atoms with van der Waals surface area (Å²) in [7, 11) is 0.164. The van der Waals surface area contributed by atoms with Crippen LogP contribution in [0.5, 0.6) is 0 Å². The van der Waals surface area contributed by atoms with Crippen LogP contribution in [0.1, 0.15) is 22.5 Å². The number of fused-ring (bicyclic) bond motifs is 1. The second kappa shape index (κ2) is 10.4. The second-order valence-corrected chi connectivity index (χ2v) is 10.9. The SMILES string of the molecule is CN(C)CCS(=O)(=O)N1Cc2cc(C#N)ccc2N(Cc2cnco2)CC1Cc1ccccc1. The molecule has 0 spiro atoms. The zero-order valence-electron chi connectivity index (χ0n) is 19.5. The number of oxazole rings is 1. The zero-order valence-corrected chi connectivity index (χ0v) is 20.3. The minimum absolute atomic E-state index is 0.0284. The van der Waals surface area contributed by atoms with E-state index in [9.17, 15) is 13.7 Å². The minimum atomic E-state index is -3.57. The molecule has 9 heteroatoms. The van der Waals surface area contributed by atoms with Crippen molar-refractivity contribution < 1.29 is 12.8 Å². The molecule has 1 unspecified atom stereocenters. The van der Waals surface area contributed by atoms with E-state index in [1.807, 2.05) is 55.4 Å². The predicted molar refractivity (Wildman–Crippen MR) is 131 cm³/mol. The van der Waals surface area contributed by atoms with Crippen LogP contribution in [-0.4, -0.2) is 61.6 Å². The first kappa shape index (κ1) is 24.0. The summed E-state index contributed by atoms with van der Waals surface area (Å²) in [6.07, 6.45) is 3.65. The molecule has 178 valence electrons. The Labute approximate surface area is 201 Å². The van der Waals surface area contributed by atoms with Crippen LogP contribution >= 0.6 is 0 Å². The molecule has 0 saturated carbocycles. The molecule has 2 aromatic carbocycles. The lowest BCUT2D eigenvalue weighted by Crippen LogP contribution is -2.47. The number of anilines is 1. The van der Waals surface area contributed by atoms with Gasteiger partial charge in [-0.1, -0.05) is 30.3 Å². The van der Waals surface area contributed by atoms with Crippen molar-refractivity contribution in [2.24, 2.45) is 0 Å². The van der Waals surface area contributed by atoms with E-state index in [4.69, 9.17) is 4.42 Å². The van der Waals surface area contributed by atoms with E-state index in [-0.39, 0.29) is 18.3 Å². The van der Waals surface area contributed by atoms with E-state index in [1.165, 1.54) is 6.39 Å². The van der Waals surface area contributed by atoms with Crippen molar-refractivity contribution in [1.82, 2.24) is 14.2 Å². The molecule has 1 atom stereocenters. The van der Waals surface area contributed by atoms with Gasteiger partial charge in [0.1, 0.15) is 5.76 Å². The molecule has 4 rings (SSSR count). The van der Waals surface area contributed by atoms with Crippen molar-refractivity contribution >= 4 is 15.7 Å². The van der Waals surface area contributed by atoms with E-state index in [0.717, 1.165) is 16.8 Å². The Balaban J connectivity index is 1.77. The lowest BCUT2D eigenvalue weighted by Gasteiger charge is -2.32. The topological polar surface area (TPSA) is 93.7 Å². The first-order chi connectivity index (χ1) is 16.4. The molecule has 1 aliphatic heterocycles. The normalized spacial score (nSPS) is 16.8. The average molecular weight is 480 g/mol. The molecule has 0 radical (unpaired) electrons. The maximum absolute atomic E-state index is 13.6. The number of hydrogen-bond acceptors (Lipinski definition) is 7. The van der Waals surface area contributed by atoms with Crippen LogP contribution in [-0.2, 0) is 29.5 Å². The molecule has 1 aliphatic rings. The van der Waals surface area contributed by atoms with Gasteiger partial charge in [-0.25, -0.2) is 13.4 Å². The smallest absolute Gasteiger partial charge is 0.215 e. The first-order valence-corrected chi connectivity index (χ1v) is 12.8. The molecule has 1 aromatic heterocycles. The van der Waals surface area contributed by atoms with Crippen molar-refractivity contribution in [2.75, 3.05) is 37.8 Å². The van der Waals surface area contributed by atoms with Crippen LogP contribution in [0.2, 0.25) is 0 Å². The Morgan fingerprint density at radius 1 is 1.21 bits per heavy atom. The fourth-order valence-corrected chi connectivity index (χ4v) is 6.04. The first-order valence-electron chi connectivity index (χ1n) is 11.2. The lowest BCUT2D eigenvalue weighted by molar-refractivity contribution is 0.313. The van der Waals surface area contributed by atoms with Crippen LogP contribution in [0.15, 0.2) is 65.5 Å². The van der Waals surface area contributed by atoms with Crippen LogP contribution in [0, 0.1) is 11.3 Å². The van der Waals surface area contributed by atoms with E-state index in [1.54, 1.807) is 22.6 Å². The molecule has 2 heterocycles. The minimum Gasteiger partial charge on any atom is -0.447 e. The second-order valence-electron chi connectivity index (χ2n) is 8.81. The van der Waals surface area contributed by atoms with Gasteiger partial charge >= 0.3 is 0 Å². The fraction of sp³-hybridized carbons (Fsp3) is 0.360. The number of nitriles is 1. The van der Waals surface area contributed by atoms with Gasteiger partial charge in [0.05, 0.1) is 30.1 Å². The van der Waals surface area contributed by atoms with E-state index in [0.29, 0.717) is 37.4 Å². The Morgan fingerprint density at radius 2 is 2.00 bits per heavy atom. The van der Waals surface area contributed by atoms with Gasteiger partial charge in [-0.2, -0.15) is 9.57 Å². The average Bonchev–Trinajstić information content (AvgIpc) is 3.28. The summed E-state index contributed by atoms with van der Waals surface area (Å²) in [5, 5.41) is 9.48. The van der Waals surface area contributed by atoms with Crippen LogP contribution in [0.3, 0.4) is 0 Å². The molecule has 0 N–H and O–H groups in total. The predicted octanol–water partition coefficient (Wildman–Crippen LogP) is 2.87. The zero-order chi connectivity index (χ0) is 24.1. The van der Waals surface area contributed by atoms with Crippen molar-refractivity contribution in [3.05, 3.63) is 83.6 Å². The largest absolute Gasteiger partial charge is 0.447 e. The molecule has 0 saturated heterocycles. The summed E-state index contributed by atoms with van der Waals surface area (Å²) in [6.45, 7) is 1.58. The Kier molecular flexibility index (Phi) is 7.32. The molecule has 8 nitrogen and oxygen atoms in total. The van der Waals surface area contributed by atoms with Crippen LogP contribution in [0.25, 0.3) is 0 Å². The third-order valence-corrected chi connectivity index (χ3v) is 7.85. The third kappa shape index (κ3) is 5.65. The van der Waals surface area contributed by atoms with Gasteiger partial charge in [0, 0.05) is 31.4 Å². The summed E-state index contributed by atoms with van der Waals surface area (Å²) in [6, 6.07) is 17.3. The van der Waals surface area contributed by atoms with E-state index in [2.05, 4.69) is 16.0 Å². The number of hydrogen-bond donors (Lipinski definition) is 0. The molecular formula is C25H29N5O3S. The Hall–Kier alpha value is -3.19. The lowest BCUT2D eigenvalue weighted by atomic mass is 10.1. The van der Waals surface area contributed by atoms with Gasteiger partial charge in [0.15, 0.2) is 6.39 Å². The number of rotatable bonds is 8. The van der Waals surface area contributed by atoms with E-state index >= 15 is 0 Å². The molecule has 0 aliphatic carbocycles. The highest BCUT2D eigenvalue weighted by atomic mass is 32.2.